The number of aromatic nitrogens is 1. The molecule has 1 aromatic carbocycles. The molecule has 0 radical (unpaired) electrons. The standard InChI is InChI=1S/C12H11ClF3N3OS/c13-7-1-3-8(4-2-7)20-6-9(19-17)10-5-18-11(21-10)12(14,15)16/h1-5,9,19H,6,17H2. The van der Waals surface area contributed by atoms with Gasteiger partial charge in [0.1, 0.15) is 12.4 Å². The molecular formula is C12H11ClF3N3OS. The Morgan fingerprint density at radius 2 is 2.00 bits per heavy atom. The molecular weight excluding hydrogens is 327 g/mol. The summed E-state index contributed by atoms with van der Waals surface area (Å²) in [7, 11) is 0. The second-order valence-electron chi connectivity index (χ2n) is 4.05. The number of thiazole rings is 1. The van der Waals surface area contributed by atoms with Crippen LogP contribution < -0.4 is 16.0 Å². The monoisotopic (exact) mass is 337 g/mol. The third kappa shape index (κ3) is 4.31. The Morgan fingerprint density at radius 1 is 1.33 bits per heavy atom. The molecule has 1 atom stereocenters. The summed E-state index contributed by atoms with van der Waals surface area (Å²) >= 11 is 6.27. The summed E-state index contributed by atoms with van der Waals surface area (Å²) in [6.07, 6.45) is -3.32. The fourth-order valence-corrected chi connectivity index (χ4v) is 2.46. The molecule has 0 spiro atoms. The Bertz CT molecular complexity index is 588. The molecule has 0 fully saturated rings. The highest BCUT2D eigenvalue weighted by Crippen LogP contribution is 2.34. The molecule has 0 amide bonds. The van der Waals surface area contributed by atoms with Crippen molar-refractivity contribution in [1.82, 2.24) is 10.4 Å². The number of hydrogen-bond acceptors (Lipinski definition) is 5. The Morgan fingerprint density at radius 3 is 2.52 bits per heavy atom. The second kappa shape index (κ2) is 6.61. The summed E-state index contributed by atoms with van der Waals surface area (Å²) < 4.78 is 43.0. The van der Waals surface area contributed by atoms with Crippen LogP contribution in [0.3, 0.4) is 0 Å². The Labute approximate surface area is 127 Å². The first-order valence-corrected chi connectivity index (χ1v) is 6.97. The molecule has 1 heterocycles. The van der Waals surface area contributed by atoms with Crippen LogP contribution in [-0.4, -0.2) is 11.6 Å². The molecule has 1 aromatic heterocycles. The van der Waals surface area contributed by atoms with Gasteiger partial charge in [0, 0.05) is 16.1 Å². The number of rotatable bonds is 5. The van der Waals surface area contributed by atoms with Gasteiger partial charge in [0.05, 0.1) is 6.04 Å². The number of halogens is 4. The van der Waals surface area contributed by atoms with E-state index < -0.39 is 17.2 Å². The van der Waals surface area contributed by atoms with E-state index in [1.807, 2.05) is 0 Å². The molecule has 0 aliphatic rings. The normalized spacial score (nSPS) is 13.2. The maximum absolute atomic E-state index is 12.5. The number of nitrogens with zero attached hydrogens (tertiary/aromatic N) is 1. The molecule has 9 heteroatoms. The smallest absolute Gasteiger partial charge is 0.443 e. The molecule has 0 bridgehead atoms. The van der Waals surface area contributed by atoms with Crippen LogP contribution in [0.5, 0.6) is 5.75 Å². The highest BCUT2D eigenvalue weighted by molar-refractivity contribution is 7.11. The van der Waals surface area contributed by atoms with E-state index in [-0.39, 0.29) is 6.61 Å². The molecule has 3 N–H and O–H groups in total. The predicted molar refractivity (Wildman–Crippen MR) is 74.1 cm³/mol. The number of hydrogen-bond donors (Lipinski definition) is 2. The van der Waals surface area contributed by atoms with Crippen molar-refractivity contribution in [3.8, 4) is 5.75 Å². The van der Waals surface area contributed by atoms with Gasteiger partial charge >= 0.3 is 6.18 Å². The molecule has 0 aliphatic heterocycles. The topological polar surface area (TPSA) is 60.2 Å². The van der Waals surface area contributed by atoms with Crippen molar-refractivity contribution in [2.75, 3.05) is 6.61 Å². The van der Waals surface area contributed by atoms with Gasteiger partial charge in [-0.05, 0) is 24.3 Å². The van der Waals surface area contributed by atoms with Crippen molar-refractivity contribution < 1.29 is 17.9 Å². The third-order valence-electron chi connectivity index (χ3n) is 2.54. The van der Waals surface area contributed by atoms with Crippen LogP contribution >= 0.6 is 22.9 Å². The quantitative estimate of drug-likeness (QED) is 0.648. The van der Waals surface area contributed by atoms with Crippen molar-refractivity contribution in [3.63, 3.8) is 0 Å². The van der Waals surface area contributed by atoms with E-state index in [0.717, 1.165) is 6.20 Å². The van der Waals surface area contributed by atoms with Crippen LogP contribution in [0.25, 0.3) is 0 Å². The molecule has 114 valence electrons. The first-order valence-electron chi connectivity index (χ1n) is 5.77. The highest BCUT2D eigenvalue weighted by atomic mass is 35.5. The first kappa shape index (κ1) is 16.0. The van der Waals surface area contributed by atoms with Crippen LogP contribution in [0, 0.1) is 0 Å². The van der Waals surface area contributed by atoms with E-state index >= 15 is 0 Å². The SMILES string of the molecule is NNC(COc1ccc(Cl)cc1)c1cnc(C(F)(F)F)s1. The molecule has 4 nitrogen and oxygen atoms in total. The second-order valence-corrected chi connectivity index (χ2v) is 5.55. The Balaban J connectivity index is 2.03. The minimum absolute atomic E-state index is 0.0671. The predicted octanol–water partition coefficient (Wildman–Crippen LogP) is 3.40. The van der Waals surface area contributed by atoms with Crippen molar-refractivity contribution in [1.29, 1.82) is 0 Å². The fourth-order valence-electron chi connectivity index (χ4n) is 1.50. The zero-order valence-corrected chi connectivity index (χ0v) is 12.1. The summed E-state index contributed by atoms with van der Waals surface area (Å²) in [5, 5.41) is -0.350. The van der Waals surface area contributed by atoms with E-state index in [4.69, 9.17) is 22.2 Å². The molecule has 2 aromatic rings. The molecule has 2 rings (SSSR count). The summed E-state index contributed by atoms with van der Waals surface area (Å²) in [5.41, 5.74) is 2.42. The van der Waals surface area contributed by atoms with E-state index in [2.05, 4.69) is 10.4 Å². The molecule has 1 unspecified atom stereocenters. The van der Waals surface area contributed by atoms with E-state index in [1.165, 1.54) is 0 Å². The van der Waals surface area contributed by atoms with Crippen molar-refractivity contribution in [3.05, 3.63) is 45.4 Å². The van der Waals surface area contributed by atoms with Crippen molar-refractivity contribution in [2.45, 2.75) is 12.2 Å². The van der Waals surface area contributed by atoms with Crippen LogP contribution in [-0.2, 0) is 6.18 Å². The Hall–Kier alpha value is -1.35. The lowest BCUT2D eigenvalue weighted by molar-refractivity contribution is -0.137. The highest BCUT2D eigenvalue weighted by Gasteiger charge is 2.35. The Kier molecular flexibility index (Phi) is 5.04. The zero-order chi connectivity index (χ0) is 15.5. The number of benzene rings is 1. The molecule has 0 aliphatic carbocycles. The first-order chi connectivity index (χ1) is 9.90. The van der Waals surface area contributed by atoms with Gasteiger partial charge in [0.2, 0.25) is 0 Å². The minimum atomic E-state index is -4.46. The molecule has 0 saturated heterocycles. The lowest BCUT2D eigenvalue weighted by atomic mass is 10.3. The van der Waals surface area contributed by atoms with Gasteiger partial charge < -0.3 is 4.74 Å². The third-order valence-corrected chi connectivity index (χ3v) is 3.95. The van der Waals surface area contributed by atoms with Crippen LogP contribution in [0.4, 0.5) is 13.2 Å². The van der Waals surface area contributed by atoms with Gasteiger partial charge in [-0.15, -0.1) is 11.3 Å². The average molecular weight is 338 g/mol. The van der Waals surface area contributed by atoms with Gasteiger partial charge in [0.15, 0.2) is 5.01 Å². The van der Waals surface area contributed by atoms with E-state index in [1.54, 1.807) is 24.3 Å². The maximum Gasteiger partial charge on any atom is 0.443 e. The summed E-state index contributed by atoms with van der Waals surface area (Å²) in [6.45, 7) is 0.0671. The van der Waals surface area contributed by atoms with E-state index in [9.17, 15) is 13.2 Å². The molecule has 21 heavy (non-hydrogen) atoms. The number of alkyl halides is 3. The number of nitrogens with one attached hydrogen (secondary N) is 1. The van der Waals surface area contributed by atoms with Gasteiger partial charge in [-0.25, -0.2) is 10.4 Å². The summed E-state index contributed by atoms with van der Waals surface area (Å²) in [6, 6.07) is 6.02. The van der Waals surface area contributed by atoms with Gasteiger partial charge in [-0.2, -0.15) is 13.2 Å². The van der Waals surface area contributed by atoms with Gasteiger partial charge in [-0.3, -0.25) is 5.84 Å². The average Bonchev–Trinajstić information content (AvgIpc) is 2.91. The number of nitrogens with two attached hydrogens (primary N) is 1. The zero-order valence-electron chi connectivity index (χ0n) is 10.5. The molecule has 0 saturated carbocycles. The van der Waals surface area contributed by atoms with Gasteiger partial charge in [0.25, 0.3) is 0 Å². The fraction of sp³-hybridized carbons (Fsp3) is 0.250. The van der Waals surface area contributed by atoms with E-state index in [0.29, 0.717) is 27.0 Å². The lowest BCUT2D eigenvalue weighted by Crippen LogP contribution is -2.31. The van der Waals surface area contributed by atoms with Crippen LogP contribution in [0.1, 0.15) is 15.9 Å². The number of ether oxygens (including phenoxy) is 1. The van der Waals surface area contributed by atoms with Crippen LogP contribution in [0.15, 0.2) is 30.5 Å². The van der Waals surface area contributed by atoms with Gasteiger partial charge in [-0.1, -0.05) is 11.6 Å². The summed E-state index contributed by atoms with van der Waals surface area (Å²) in [5.74, 6) is 5.90. The largest absolute Gasteiger partial charge is 0.492 e. The van der Waals surface area contributed by atoms with Crippen molar-refractivity contribution in [2.24, 2.45) is 5.84 Å². The van der Waals surface area contributed by atoms with Crippen LogP contribution in [0.2, 0.25) is 5.02 Å². The lowest BCUT2D eigenvalue weighted by Gasteiger charge is -2.15. The number of hydrazine groups is 1. The summed E-state index contributed by atoms with van der Waals surface area (Å²) in [4.78, 5) is 3.69. The minimum Gasteiger partial charge on any atom is -0.492 e. The maximum atomic E-state index is 12.5. The van der Waals surface area contributed by atoms with Crippen molar-refractivity contribution >= 4 is 22.9 Å².